The van der Waals surface area contributed by atoms with Crippen LogP contribution in [-0.2, 0) is 0 Å². The first-order valence-corrected chi connectivity index (χ1v) is 7.04. The Morgan fingerprint density at radius 2 is 1.90 bits per heavy atom. The molecule has 7 nitrogen and oxygen atoms in total. The molecule has 0 amide bonds. The van der Waals surface area contributed by atoms with E-state index in [4.69, 9.17) is 0 Å². The van der Waals surface area contributed by atoms with Gasteiger partial charge < -0.3 is 10.6 Å². The molecule has 1 aliphatic rings. The van der Waals surface area contributed by atoms with Gasteiger partial charge in [-0.3, -0.25) is 4.57 Å². The van der Waals surface area contributed by atoms with Gasteiger partial charge in [-0.2, -0.15) is 15.0 Å². The van der Waals surface area contributed by atoms with Gasteiger partial charge in [0.05, 0.1) is 0 Å². The van der Waals surface area contributed by atoms with E-state index in [2.05, 4.69) is 30.6 Å². The van der Waals surface area contributed by atoms with E-state index >= 15 is 0 Å². The summed E-state index contributed by atoms with van der Waals surface area (Å²) in [6.07, 6.45) is 11.4. The predicted molar refractivity (Wildman–Crippen MR) is 77.0 cm³/mol. The van der Waals surface area contributed by atoms with E-state index in [1.165, 1.54) is 32.1 Å². The molecule has 0 spiro atoms. The van der Waals surface area contributed by atoms with Crippen LogP contribution in [0.1, 0.15) is 32.1 Å². The lowest BCUT2D eigenvalue weighted by Crippen LogP contribution is -2.24. The first-order chi connectivity index (χ1) is 9.85. The van der Waals surface area contributed by atoms with Crippen molar-refractivity contribution < 1.29 is 0 Å². The van der Waals surface area contributed by atoms with Crippen LogP contribution in [-0.4, -0.2) is 37.6 Å². The molecule has 0 aromatic carbocycles. The van der Waals surface area contributed by atoms with Gasteiger partial charge in [0.25, 0.3) is 0 Å². The van der Waals surface area contributed by atoms with Crippen LogP contribution in [0.15, 0.2) is 18.7 Å². The van der Waals surface area contributed by atoms with Gasteiger partial charge in [0.2, 0.25) is 17.8 Å². The minimum Gasteiger partial charge on any atom is -0.357 e. The molecule has 20 heavy (non-hydrogen) atoms. The zero-order valence-electron chi connectivity index (χ0n) is 11.6. The SMILES string of the molecule is CNc1nc(NC2CCCCC2)nc(-n2ccnc2)n1. The van der Waals surface area contributed by atoms with Crippen LogP contribution in [0.3, 0.4) is 0 Å². The zero-order chi connectivity index (χ0) is 13.8. The number of rotatable bonds is 4. The standard InChI is InChI=1S/C13H19N7/c1-14-11-17-12(16-10-5-3-2-4-6-10)19-13(18-11)20-8-7-15-9-20/h7-10H,2-6H2,1H3,(H2,14,16,17,18,19). The summed E-state index contributed by atoms with van der Waals surface area (Å²) in [6.45, 7) is 0. The fourth-order valence-corrected chi connectivity index (χ4v) is 2.46. The second-order valence-corrected chi connectivity index (χ2v) is 4.98. The second kappa shape index (κ2) is 5.85. The van der Waals surface area contributed by atoms with Gasteiger partial charge >= 0.3 is 0 Å². The van der Waals surface area contributed by atoms with Crippen molar-refractivity contribution >= 4 is 11.9 Å². The first-order valence-electron chi connectivity index (χ1n) is 7.04. The van der Waals surface area contributed by atoms with E-state index < -0.39 is 0 Å². The number of nitrogens with zero attached hydrogens (tertiary/aromatic N) is 5. The molecular formula is C13H19N7. The van der Waals surface area contributed by atoms with Crippen LogP contribution in [0.4, 0.5) is 11.9 Å². The maximum absolute atomic E-state index is 4.47. The molecule has 2 heterocycles. The number of nitrogens with one attached hydrogen (secondary N) is 2. The monoisotopic (exact) mass is 273 g/mol. The van der Waals surface area contributed by atoms with Crippen LogP contribution in [0, 0.1) is 0 Å². The van der Waals surface area contributed by atoms with Crippen LogP contribution < -0.4 is 10.6 Å². The Morgan fingerprint density at radius 1 is 1.10 bits per heavy atom. The average Bonchev–Trinajstić information content (AvgIpc) is 3.02. The third-order valence-corrected chi connectivity index (χ3v) is 3.52. The summed E-state index contributed by atoms with van der Waals surface area (Å²) in [4.78, 5) is 17.2. The van der Waals surface area contributed by atoms with Crippen molar-refractivity contribution in [3.05, 3.63) is 18.7 Å². The van der Waals surface area contributed by atoms with Gasteiger partial charge in [-0.15, -0.1) is 0 Å². The molecule has 1 aliphatic carbocycles. The smallest absolute Gasteiger partial charge is 0.241 e. The average molecular weight is 273 g/mol. The summed E-state index contributed by atoms with van der Waals surface area (Å²) >= 11 is 0. The minimum absolute atomic E-state index is 0.464. The Labute approximate surface area is 117 Å². The van der Waals surface area contributed by atoms with Crippen molar-refractivity contribution in [1.82, 2.24) is 24.5 Å². The molecule has 0 saturated heterocycles. The molecule has 0 unspecified atom stereocenters. The summed E-state index contributed by atoms with van der Waals surface area (Å²) in [5, 5.41) is 6.39. The van der Waals surface area contributed by atoms with E-state index in [1.807, 2.05) is 6.20 Å². The number of hydrogen-bond donors (Lipinski definition) is 2. The van der Waals surface area contributed by atoms with E-state index in [0.29, 0.717) is 23.9 Å². The van der Waals surface area contributed by atoms with Crippen LogP contribution in [0.25, 0.3) is 5.95 Å². The highest BCUT2D eigenvalue weighted by molar-refractivity contribution is 5.38. The molecule has 2 N–H and O–H groups in total. The van der Waals surface area contributed by atoms with Gasteiger partial charge in [-0.05, 0) is 12.8 Å². The molecule has 106 valence electrons. The Kier molecular flexibility index (Phi) is 3.76. The highest BCUT2D eigenvalue weighted by Gasteiger charge is 2.15. The lowest BCUT2D eigenvalue weighted by molar-refractivity contribution is 0.460. The van der Waals surface area contributed by atoms with Gasteiger partial charge in [0, 0.05) is 25.5 Å². The van der Waals surface area contributed by atoms with Gasteiger partial charge in [-0.1, -0.05) is 19.3 Å². The molecule has 1 saturated carbocycles. The fraction of sp³-hybridized carbons (Fsp3) is 0.538. The van der Waals surface area contributed by atoms with Crippen LogP contribution >= 0.6 is 0 Å². The minimum atomic E-state index is 0.464. The Morgan fingerprint density at radius 3 is 2.60 bits per heavy atom. The number of aromatic nitrogens is 5. The molecule has 0 aliphatic heterocycles. The maximum Gasteiger partial charge on any atom is 0.241 e. The summed E-state index contributed by atoms with van der Waals surface area (Å²) in [5.74, 6) is 1.75. The number of hydrogen-bond acceptors (Lipinski definition) is 6. The molecule has 2 aromatic rings. The van der Waals surface area contributed by atoms with Crippen molar-refractivity contribution in [2.45, 2.75) is 38.1 Å². The second-order valence-electron chi connectivity index (χ2n) is 4.98. The largest absolute Gasteiger partial charge is 0.357 e. The van der Waals surface area contributed by atoms with Crippen molar-refractivity contribution in [1.29, 1.82) is 0 Å². The van der Waals surface area contributed by atoms with E-state index in [9.17, 15) is 0 Å². The molecule has 1 fully saturated rings. The van der Waals surface area contributed by atoms with E-state index in [-0.39, 0.29) is 0 Å². The van der Waals surface area contributed by atoms with Gasteiger partial charge in [0.1, 0.15) is 6.33 Å². The molecule has 2 aromatic heterocycles. The summed E-state index contributed by atoms with van der Waals surface area (Å²) in [7, 11) is 1.80. The van der Waals surface area contributed by atoms with E-state index in [0.717, 1.165) is 0 Å². The van der Waals surface area contributed by atoms with Gasteiger partial charge in [-0.25, -0.2) is 4.98 Å². The Balaban J connectivity index is 1.84. The third kappa shape index (κ3) is 2.87. The number of anilines is 2. The van der Waals surface area contributed by atoms with Crippen LogP contribution in [0.5, 0.6) is 0 Å². The summed E-state index contributed by atoms with van der Waals surface area (Å²) in [5.41, 5.74) is 0. The first kappa shape index (κ1) is 12.8. The fourth-order valence-electron chi connectivity index (χ4n) is 2.46. The van der Waals surface area contributed by atoms with Crippen LogP contribution in [0.2, 0.25) is 0 Å². The number of imidazole rings is 1. The molecule has 0 atom stereocenters. The predicted octanol–water partition coefficient (Wildman–Crippen LogP) is 1.84. The van der Waals surface area contributed by atoms with Crippen molar-refractivity contribution in [3.8, 4) is 5.95 Å². The lowest BCUT2D eigenvalue weighted by atomic mass is 9.96. The summed E-state index contributed by atoms with van der Waals surface area (Å²) in [6, 6.07) is 0.464. The Hall–Kier alpha value is -2.18. The normalized spacial score (nSPS) is 16.1. The van der Waals surface area contributed by atoms with Gasteiger partial charge in [0.15, 0.2) is 0 Å². The zero-order valence-corrected chi connectivity index (χ0v) is 11.6. The third-order valence-electron chi connectivity index (χ3n) is 3.52. The lowest BCUT2D eigenvalue weighted by Gasteiger charge is -2.22. The molecule has 7 heteroatoms. The summed E-state index contributed by atoms with van der Waals surface area (Å²) < 4.78 is 1.77. The molecule has 0 bridgehead atoms. The van der Waals surface area contributed by atoms with Crippen molar-refractivity contribution in [3.63, 3.8) is 0 Å². The highest BCUT2D eigenvalue weighted by atomic mass is 15.3. The highest BCUT2D eigenvalue weighted by Crippen LogP contribution is 2.20. The molecule has 3 rings (SSSR count). The quantitative estimate of drug-likeness (QED) is 0.884. The molecular weight excluding hydrogens is 254 g/mol. The van der Waals surface area contributed by atoms with Crippen molar-refractivity contribution in [2.75, 3.05) is 17.7 Å². The maximum atomic E-state index is 4.47. The Bertz CT molecular complexity index is 546. The molecule has 0 radical (unpaired) electrons. The van der Waals surface area contributed by atoms with E-state index in [1.54, 1.807) is 24.1 Å². The topological polar surface area (TPSA) is 80.5 Å². The van der Waals surface area contributed by atoms with Crippen molar-refractivity contribution in [2.24, 2.45) is 0 Å².